The summed E-state index contributed by atoms with van der Waals surface area (Å²) in [6.45, 7) is 7.46. The fourth-order valence-corrected chi connectivity index (χ4v) is 3.62. The van der Waals surface area contributed by atoms with Gasteiger partial charge in [0.1, 0.15) is 0 Å². The Morgan fingerprint density at radius 3 is 2.28 bits per heavy atom. The molecule has 1 fully saturated rings. The van der Waals surface area contributed by atoms with Gasteiger partial charge in [-0.25, -0.2) is 12.7 Å². The highest BCUT2D eigenvalue weighted by Gasteiger charge is 2.32. The predicted molar refractivity (Wildman–Crippen MR) is 73.1 cm³/mol. The van der Waals surface area contributed by atoms with Crippen molar-refractivity contribution in [2.24, 2.45) is 0 Å². The van der Waals surface area contributed by atoms with Gasteiger partial charge >= 0.3 is 0 Å². The highest BCUT2D eigenvalue weighted by Crippen LogP contribution is 2.18. The third kappa shape index (κ3) is 4.19. The van der Waals surface area contributed by atoms with Gasteiger partial charge in [0.05, 0.1) is 11.4 Å². The number of sulfonamides is 1. The summed E-state index contributed by atoms with van der Waals surface area (Å²) in [7, 11) is -1.49. The Hall–Kier alpha value is -0.170. The van der Waals surface area contributed by atoms with Crippen LogP contribution in [0.4, 0.5) is 0 Å². The molecule has 5 nitrogen and oxygen atoms in total. The van der Waals surface area contributed by atoms with Crippen LogP contribution >= 0.6 is 0 Å². The molecule has 0 bridgehead atoms. The number of nitrogens with zero attached hydrogens (tertiary/aromatic N) is 1. The summed E-state index contributed by atoms with van der Waals surface area (Å²) >= 11 is 0. The van der Waals surface area contributed by atoms with Crippen molar-refractivity contribution in [1.29, 1.82) is 0 Å². The third-order valence-electron chi connectivity index (χ3n) is 3.42. The van der Waals surface area contributed by atoms with Crippen molar-refractivity contribution < 1.29 is 13.2 Å². The first kappa shape index (κ1) is 15.9. The van der Waals surface area contributed by atoms with Crippen molar-refractivity contribution in [2.75, 3.05) is 26.7 Å². The van der Waals surface area contributed by atoms with Gasteiger partial charge in [-0.2, -0.15) is 0 Å². The minimum Gasteiger partial charge on any atom is -0.381 e. The fraction of sp³-hybridized carbons (Fsp3) is 1.00. The number of hydrogen-bond acceptors (Lipinski definition) is 4. The molecule has 1 aliphatic heterocycles. The number of piperidine rings is 1. The van der Waals surface area contributed by atoms with Crippen molar-refractivity contribution in [1.82, 2.24) is 9.62 Å². The lowest BCUT2D eigenvalue weighted by molar-refractivity contribution is 0.0602. The van der Waals surface area contributed by atoms with Gasteiger partial charge in [0, 0.05) is 32.8 Å². The molecular formula is C12H26N2O3S. The predicted octanol–water partition coefficient (Wildman–Crippen LogP) is 0.814. The highest BCUT2D eigenvalue weighted by atomic mass is 32.2. The zero-order valence-electron chi connectivity index (χ0n) is 11.8. The molecule has 0 aromatic heterocycles. The van der Waals surface area contributed by atoms with Crippen LogP contribution in [0.25, 0.3) is 0 Å². The van der Waals surface area contributed by atoms with Gasteiger partial charge in [-0.1, -0.05) is 13.8 Å². The van der Waals surface area contributed by atoms with E-state index in [4.69, 9.17) is 4.74 Å². The molecule has 18 heavy (non-hydrogen) atoms. The van der Waals surface area contributed by atoms with E-state index in [0.717, 1.165) is 12.8 Å². The summed E-state index contributed by atoms with van der Waals surface area (Å²) in [4.78, 5) is 0. The summed E-state index contributed by atoms with van der Waals surface area (Å²) in [5.74, 6) is 0. The minimum absolute atomic E-state index is 0.209. The van der Waals surface area contributed by atoms with Crippen LogP contribution in [0.3, 0.4) is 0 Å². The van der Waals surface area contributed by atoms with Crippen molar-refractivity contribution in [2.45, 2.75) is 51.0 Å². The molecule has 6 heteroatoms. The quantitative estimate of drug-likeness (QED) is 0.781. The number of rotatable bonds is 6. The third-order valence-corrected chi connectivity index (χ3v) is 5.68. The molecule has 0 radical (unpaired) electrons. The Balaban J connectivity index is 2.53. The van der Waals surface area contributed by atoms with Gasteiger partial charge in [0.15, 0.2) is 0 Å². The van der Waals surface area contributed by atoms with E-state index in [9.17, 15) is 8.42 Å². The monoisotopic (exact) mass is 278 g/mol. The van der Waals surface area contributed by atoms with E-state index in [-0.39, 0.29) is 11.4 Å². The van der Waals surface area contributed by atoms with Gasteiger partial charge in [-0.15, -0.1) is 0 Å². The Labute approximate surface area is 111 Å². The maximum absolute atomic E-state index is 12.3. The van der Waals surface area contributed by atoms with E-state index in [1.54, 1.807) is 18.3 Å². The van der Waals surface area contributed by atoms with Crippen LogP contribution in [0.1, 0.15) is 33.6 Å². The lowest BCUT2D eigenvalue weighted by Gasteiger charge is -2.32. The van der Waals surface area contributed by atoms with E-state index < -0.39 is 10.0 Å². The molecule has 0 aromatic carbocycles. The van der Waals surface area contributed by atoms with Gasteiger partial charge in [0.2, 0.25) is 10.0 Å². The van der Waals surface area contributed by atoms with Crippen molar-refractivity contribution in [3.8, 4) is 0 Å². The van der Waals surface area contributed by atoms with Crippen LogP contribution < -0.4 is 5.32 Å². The van der Waals surface area contributed by atoms with Crippen LogP contribution in [0.2, 0.25) is 0 Å². The van der Waals surface area contributed by atoms with Crippen LogP contribution in [0.5, 0.6) is 0 Å². The lowest BCUT2D eigenvalue weighted by atomic mass is 10.1. The Morgan fingerprint density at radius 2 is 1.83 bits per heavy atom. The molecule has 1 unspecified atom stereocenters. The summed E-state index contributed by atoms with van der Waals surface area (Å²) in [5.41, 5.74) is 0. The first-order chi connectivity index (χ1) is 8.37. The maximum atomic E-state index is 12.3. The molecule has 1 heterocycles. The number of hydrogen-bond donors (Lipinski definition) is 1. The van der Waals surface area contributed by atoms with Crippen LogP contribution in [0, 0.1) is 0 Å². The molecule has 1 aliphatic rings. The van der Waals surface area contributed by atoms with E-state index in [2.05, 4.69) is 5.32 Å². The molecule has 0 spiro atoms. The maximum Gasteiger partial charge on any atom is 0.217 e. The molecule has 0 amide bonds. The second-order valence-corrected chi connectivity index (χ2v) is 7.60. The number of nitrogens with one attached hydrogen (secondary N) is 1. The van der Waals surface area contributed by atoms with Crippen LogP contribution in [0.15, 0.2) is 0 Å². The van der Waals surface area contributed by atoms with E-state index in [0.29, 0.717) is 25.7 Å². The van der Waals surface area contributed by atoms with E-state index >= 15 is 0 Å². The molecule has 1 N–H and O–H groups in total. The normalized spacial score (nSPS) is 21.4. The second-order valence-electron chi connectivity index (χ2n) is 5.25. The summed E-state index contributed by atoms with van der Waals surface area (Å²) in [5, 5.41) is 2.80. The van der Waals surface area contributed by atoms with Gasteiger partial charge < -0.3 is 10.1 Å². The zero-order valence-corrected chi connectivity index (χ0v) is 12.7. The summed E-state index contributed by atoms with van der Waals surface area (Å²) in [6, 6.07) is 0.307. The summed E-state index contributed by atoms with van der Waals surface area (Å²) in [6.07, 6.45) is 1.79. The van der Waals surface area contributed by atoms with E-state index in [1.165, 1.54) is 0 Å². The lowest BCUT2D eigenvalue weighted by Crippen LogP contribution is -2.47. The largest absolute Gasteiger partial charge is 0.381 e. The number of ether oxygens (including phenoxy) is 1. The Morgan fingerprint density at radius 1 is 1.28 bits per heavy atom. The van der Waals surface area contributed by atoms with Gasteiger partial charge in [-0.3, -0.25) is 0 Å². The van der Waals surface area contributed by atoms with Crippen LogP contribution in [-0.2, 0) is 14.8 Å². The molecule has 1 rings (SSSR count). The van der Waals surface area contributed by atoms with Crippen molar-refractivity contribution >= 4 is 10.0 Å². The topological polar surface area (TPSA) is 58.6 Å². The van der Waals surface area contributed by atoms with Gasteiger partial charge in [0.25, 0.3) is 0 Å². The van der Waals surface area contributed by atoms with Gasteiger partial charge in [-0.05, 0) is 19.8 Å². The first-order valence-electron chi connectivity index (χ1n) is 6.63. The molecule has 0 saturated carbocycles. The van der Waals surface area contributed by atoms with Crippen molar-refractivity contribution in [3.05, 3.63) is 0 Å². The molecule has 1 saturated heterocycles. The smallest absolute Gasteiger partial charge is 0.217 e. The summed E-state index contributed by atoms with van der Waals surface area (Å²) < 4.78 is 31.5. The Kier molecular flexibility index (Phi) is 6.04. The standard InChI is InChI=1S/C12H26N2O3S/c1-10(2)13-9-11(3)18(15,16)14-7-5-12(17-4)6-8-14/h10-13H,5-9H2,1-4H3. The number of methoxy groups -OCH3 is 1. The minimum atomic E-state index is -3.17. The molecule has 108 valence electrons. The fourth-order valence-electron chi connectivity index (χ4n) is 2.08. The molecule has 0 aromatic rings. The van der Waals surface area contributed by atoms with Crippen LogP contribution in [-0.4, -0.2) is 56.9 Å². The highest BCUT2D eigenvalue weighted by molar-refractivity contribution is 7.89. The van der Waals surface area contributed by atoms with E-state index in [1.807, 2.05) is 13.8 Å². The first-order valence-corrected chi connectivity index (χ1v) is 8.13. The zero-order chi connectivity index (χ0) is 13.8. The molecule has 0 aliphatic carbocycles. The molecular weight excluding hydrogens is 252 g/mol. The average molecular weight is 278 g/mol. The van der Waals surface area contributed by atoms with Crippen molar-refractivity contribution in [3.63, 3.8) is 0 Å². The Bertz CT molecular complexity index is 335. The average Bonchev–Trinajstić information content (AvgIpc) is 2.35. The molecule has 1 atom stereocenters. The SMILES string of the molecule is COC1CCN(S(=O)(=O)C(C)CNC(C)C)CC1. The second kappa shape index (κ2) is 6.84.